The molecule has 0 spiro atoms. The van der Waals surface area contributed by atoms with Crippen LogP contribution in [0.25, 0.3) is 11.1 Å². The number of carbonyl (C=O) groups is 1. The molecule has 0 N–H and O–H groups in total. The summed E-state index contributed by atoms with van der Waals surface area (Å²) in [5, 5.41) is 13.3. The van der Waals surface area contributed by atoms with Gasteiger partial charge in [-0.25, -0.2) is 0 Å². The van der Waals surface area contributed by atoms with Crippen molar-refractivity contribution < 1.29 is 4.79 Å². The number of ketones is 1. The summed E-state index contributed by atoms with van der Waals surface area (Å²) in [6.45, 7) is 5.30. The van der Waals surface area contributed by atoms with Crippen LogP contribution in [0.4, 0.5) is 0 Å². The summed E-state index contributed by atoms with van der Waals surface area (Å²) in [6.07, 6.45) is 1.70. The molecule has 1 aromatic carbocycles. The van der Waals surface area contributed by atoms with Crippen LogP contribution in [0.2, 0.25) is 0 Å². The normalized spacial score (nSPS) is 11.2. The van der Waals surface area contributed by atoms with Crippen molar-refractivity contribution in [3.63, 3.8) is 0 Å². The molecule has 0 aliphatic heterocycles. The molecule has 0 fully saturated rings. The number of nitriles is 1. The van der Waals surface area contributed by atoms with Crippen molar-refractivity contribution in [1.29, 1.82) is 5.26 Å². The van der Waals surface area contributed by atoms with Crippen LogP contribution in [0.3, 0.4) is 0 Å². The van der Waals surface area contributed by atoms with Crippen LogP contribution in [-0.2, 0) is 12.5 Å². The van der Waals surface area contributed by atoms with Crippen LogP contribution in [0.1, 0.15) is 36.8 Å². The molecule has 20 heavy (non-hydrogen) atoms. The van der Waals surface area contributed by atoms with E-state index in [9.17, 15) is 4.79 Å². The van der Waals surface area contributed by atoms with Gasteiger partial charge in [-0.2, -0.15) is 10.4 Å². The summed E-state index contributed by atoms with van der Waals surface area (Å²) >= 11 is 0. The highest BCUT2D eigenvalue weighted by molar-refractivity contribution is 5.99. The highest BCUT2D eigenvalue weighted by Gasteiger charge is 2.20. The third kappa shape index (κ3) is 2.35. The molecule has 1 heterocycles. The van der Waals surface area contributed by atoms with E-state index < -0.39 is 5.41 Å². The zero-order valence-electron chi connectivity index (χ0n) is 12.1. The number of hydrogen-bond donors (Lipinski definition) is 0. The van der Waals surface area contributed by atoms with Gasteiger partial charge in [0.2, 0.25) is 0 Å². The fourth-order valence-corrected chi connectivity index (χ4v) is 2.20. The third-order valence-electron chi connectivity index (χ3n) is 3.47. The lowest BCUT2D eigenvalue weighted by Crippen LogP contribution is -2.13. The standard InChI is InChI=1S/C16H17N3O/c1-11(20)15-14(9-18-19(15)4)12-5-7-13(8-6-12)16(2,3)10-17/h5-9H,1-4H3. The Labute approximate surface area is 118 Å². The van der Waals surface area contributed by atoms with E-state index in [1.54, 1.807) is 17.9 Å². The molecule has 102 valence electrons. The number of rotatable bonds is 3. The predicted molar refractivity (Wildman–Crippen MR) is 77.3 cm³/mol. The van der Waals surface area contributed by atoms with Gasteiger partial charge in [-0.1, -0.05) is 24.3 Å². The summed E-state index contributed by atoms with van der Waals surface area (Å²) in [4.78, 5) is 11.7. The minimum Gasteiger partial charge on any atom is -0.293 e. The molecule has 2 rings (SSSR count). The maximum atomic E-state index is 11.7. The van der Waals surface area contributed by atoms with Gasteiger partial charge in [-0.15, -0.1) is 0 Å². The first kappa shape index (κ1) is 14.0. The lowest BCUT2D eigenvalue weighted by Gasteiger charge is -2.16. The first-order valence-electron chi connectivity index (χ1n) is 6.42. The molecule has 0 saturated heterocycles. The SMILES string of the molecule is CC(=O)c1c(-c2ccc(C(C)(C)C#N)cc2)cnn1C. The Hall–Kier alpha value is -2.41. The number of carbonyl (C=O) groups excluding carboxylic acids is 1. The Kier molecular flexibility index (Phi) is 3.46. The smallest absolute Gasteiger partial charge is 0.178 e. The monoisotopic (exact) mass is 267 g/mol. The third-order valence-corrected chi connectivity index (χ3v) is 3.47. The molecule has 0 radical (unpaired) electrons. The maximum absolute atomic E-state index is 11.7. The van der Waals surface area contributed by atoms with Crippen LogP contribution >= 0.6 is 0 Å². The molecule has 0 atom stereocenters. The van der Waals surface area contributed by atoms with Gasteiger partial charge in [0.1, 0.15) is 5.69 Å². The van der Waals surface area contributed by atoms with E-state index in [0.717, 1.165) is 16.7 Å². The quantitative estimate of drug-likeness (QED) is 0.803. The Morgan fingerprint density at radius 2 is 1.90 bits per heavy atom. The van der Waals surface area contributed by atoms with Crippen molar-refractivity contribution in [2.24, 2.45) is 7.05 Å². The van der Waals surface area contributed by atoms with Crippen LogP contribution in [0, 0.1) is 11.3 Å². The number of Topliss-reactive ketones (excluding diaryl/α,β-unsaturated/α-hetero) is 1. The van der Waals surface area contributed by atoms with Crippen molar-refractivity contribution in [3.05, 3.63) is 41.7 Å². The maximum Gasteiger partial charge on any atom is 0.178 e. The Morgan fingerprint density at radius 1 is 1.30 bits per heavy atom. The van der Waals surface area contributed by atoms with Crippen LogP contribution in [0.5, 0.6) is 0 Å². The number of hydrogen-bond acceptors (Lipinski definition) is 3. The number of benzene rings is 1. The molecule has 0 aliphatic rings. The topological polar surface area (TPSA) is 58.7 Å². The summed E-state index contributed by atoms with van der Waals surface area (Å²) in [5.74, 6) is -0.0126. The molecule has 1 aromatic heterocycles. The van der Waals surface area contributed by atoms with E-state index in [0.29, 0.717) is 5.69 Å². The molecule has 0 bridgehead atoms. The van der Waals surface area contributed by atoms with E-state index >= 15 is 0 Å². The number of aromatic nitrogens is 2. The second-order valence-electron chi connectivity index (χ2n) is 5.40. The molecule has 0 unspecified atom stereocenters. The van der Waals surface area contributed by atoms with Crippen LogP contribution in [0.15, 0.2) is 30.5 Å². The zero-order chi connectivity index (χ0) is 14.9. The largest absolute Gasteiger partial charge is 0.293 e. The molecular formula is C16H17N3O. The van der Waals surface area contributed by atoms with Crippen molar-refractivity contribution in [2.45, 2.75) is 26.2 Å². The van der Waals surface area contributed by atoms with Gasteiger partial charge < -0.3 is 0 Å². The van der Waals surface area contributed by atoms with E-state index in [-0.39, 0.29) is 5.78 Å². The Bertz CT molecular complexity index is 688. The van der Waals surface area contributed by atoms with E-state index in [4.69, 9.17) is 5.26 Å². The van der Waals surface area contributed by atoms with Crippen molar-refractivity contribution in [2.75, 3.05) is 0 Å². The van der Waals surface area contributed by atoms with Crippen LogP contribution < -0.4 is 0 Å². The average molecular weight is 267 g/mol. The van der Waals surface area contributed by atoms with Gasteiger partial charge >= 0.3 is 0 Å². The highest BCUT2D eigenvalue weighted by atomic mass is 16.1. The molecule has 0 amide bonds. The van der Waals surface area contributed by atoms with Gasteiger partial charge in [-0.05, 0) is 25.0 Å². The van der Waals surface area contributed by atoms with Crippen molar-refractivity contribution in [1.82, 2.24) is 9.78 Å². The van der Waals surface area contributed by atoms with Crippen molar-refractivity contribution in [3.8, 4) is 17.2 Å². The summed E-state index contributed by atoms with van der Waals surface area (Å²) in [5.41, 5.74) is 2.79. The van der Waals surface area contributed by atoms with Crippen LogP contribution in [-0.4, -0.2) is 15.6 Å². The second-order valence-corrected chi connectivity index (χ2v) is 5.40. The fourth-order valence-electron chi connectivity index (χ4n) is 2.20. The van der Waals surface area contributed by atoms with Gasteiger partial charge in [0.25, 0.3) is 0 Å². The van der Waals surface area contributed by atoms with E-state index in [1.807, 2.05) is 38.1 Å². The molecule has 4 nitrogen and oxygen atoms in total. The van der Waals surface area contributed by atoms with Crippen molar-refractivity contribution >= 4 is 5.78 Å². The lowest BCUT2D eigenvalue weighted by molar-refractivity contribution is 0.100. The van der Waals surface area contributed by atoms with Gasteiger partial charge in [0.05, 0.1) is 17.7 Å². The summed E-state index contributed by atoms with van der Waals surface area (Å²) < 4.78 is 1.59. The molecular weight excluding hydrogens is 250 g/mol. The molecule has 0 saturated carbocycles. The zero-order valence-corrected chi connectivity index (χ0v) is 12.1. The number of aryl methyl sites for hydroxylation is 1. The molecule has 4 heteroatoms. The number of nitrogens with zero attached hydrogens (tertiary/aromatic N) is 3. The van der Waals surface area contributed by atoms with Gasteiger partial charge in [-0.3, -0.25) is 9.48 Å². The lowest BCUT2D eigenvalue weighted by atomic mass is 9.85. The first-order chi connectivity index (χ1) is 9.36. The van der Waals surface area contributed by atoms with Gasteiger partial charge in [0.15, 0.2) is 5.78 Å². The van der Waals surface area contributed by atoms with E-state index in [2.05, 4.69) is 11.2 Å². The summed E-state index contributed by atoms with van der Waals surface area (Å²) in [7, 11) is 1.76. The van der Waals surface area contributed by atoms with E-state index in [1.165, 1.54) is 6.92 Å². The fraction of sp³-hybridized carbons (Fsp3) is 0.312. The second kappa shape index (κ2) is 4.93. The molecule has 2 aromatic rings. The Morgan fingerprint density at radius 3 is 2.40 bits per heavy atom. The summed E-state index contributed by atoms with van der Waals surface area (Å²) in [6, 6.07) is 9.99. The van der Waals surface area contributed by atoms with Gasteiger partial charge in [0, 0.05) is 19.5 Å². The molecule has 0 aliphatic carbocycles. The average Bonchev–Trinajstić information content (AvgIpc) is 2.81. The Balaban J connectivity index is 2.47. The minimum absolute atomic E-state index is 0.0126. The minimum atomic E-state index is -0.517. The predicted octanol–water partition coefficient (Wildman–Crippen LogP) is 3.09. The first-order valence-corrected chi connectivity index (χ1v) is 6.42. The highest BCUT2D eigenvalue weighted by Crippen LogP contribution is 2.28.